The van der Waals surface area contributed by atoms with Crippen LogP contribution in [0.3, 0.4) is 0 Å². The molecule has 1 nitrogen and oxygen atoms in total. The largest absolute Gasteiger partial charge is 0.251 e. The quantitative estimate of drug-likeness (QED) is 0.136. The van der Waals surface area contributed by atoms with Gasteiger partial charge in [-0.2, -0.15) is 0 Å². The van der Waals surface area contributed by atoms with Crippen LogP contribution in [0.15, 0.2) is 84.9 Å². The van der Waals surface area contributed by atoms with E-state index in [4.69, 9.17) is 0 Å². The number of benzene rings is 4. The van der Waals surface area contributed by atoms with Crippen LogP contribution >= 0.6 is 16.1 Å². The van der Waals surface area contributed by atoms with Crippen molar-refractivity contribution in [3.8, 4) is 0 Å². The van der Waals surface area contributed by atoms with E-state index in [1.807, 2.05) is 72.0 Å². The molecule has 0 N–H and O–H groups in total. The van der Waals surface area contributed by atoms with Gasteiger partial charge in [0.25, 0.3) is 0 Å². The van der Waals surface area contributed by atoms with Gasteiger partial charge in [0.15, 0.2) is 0 Å². The van der Waals surface area contributed by atoms with Crippen molar-refractivity contribution in [3.05, 3.63) is 131 Å². The third-order valence-electron chi connectivity index (χ3n) is 7.32. The van der Waals surface area contributed by atoms with Crippen molar-refractivity contribution in [2.45, 2.75) is 43.9 Å². The fraction of sp³-hybridized carbons (Fsp3) is 0.250. The lowest BCUT2D eigenvalue weighted by Gasteiger charge is -2.42. The van der Waals surface area contributed by atoms with Crippen molar-refractivity contribution >= 4 is 26.8 Å². The second-order valence-corrected chi connectivity index (χ2v) is 14.8. The maximum atomic E-state index is 15.6. The highest BCUT2D eigenvalue weighted by Gasteiger charge is 2.46. The van der Waals surface area contributed by atoms with Crippen molar-refractivity contribution in [2.24, 2.45) is 0 Å². The number of unbranched alkanes of at least 4 members (excludes halogenated alkanes) is 1. The minimum atomic E-state index is -2.55. The molecule has 1 heterocycles. The molecule has 1 fully saturated rings. The number of hydrogen-bond donors (Lipinski definition) is 0. The molecule has 2 atom stereocenters. The van der Waals surface area contributed by atoms with Crippen LogP contribution in [0.5, 0.6) is 0 Å². The van der Waals surface area contributed by atoms with Gasteiger partial charge in [-0.05, 0) is 38.5 Å². The maximum absolute atomic E-state index is 15.6. The van der Waals surface area contributed by atoms with Gasteiger partial charge in [-0.15, -0.1) is 0 Å². The molecule has 0 spiro atoms. The van der Waals surface area contributed by atoms with Crippen molar-refractivity contribution in [1.29, 1.82) is 0 Å². The first-order valence-electron chi connectivity index (χ1n) is 13.5. The molecule has 5 rings (SSSR count). The molecule has 1 aliphatic heterocycles. The molecule has 0 unspecified atom stereocenters. The Morgan fingerprint density at radius 1 is 0.659 bits per heavy atom. The average Bonchev–Trinajstić information content (AvgIpc) is 3.38. The van der Waals surface area contributed by atoms with Crippen LogP contribution in [0.2, 0.25) is 0 Å². The van der Waals surface area contributed by atoms with E-state index in [0.29, 0.717) is 37.2 Å². The average molecular weight is 604 g/mol. The van der Waals surface area contributed by atoms with Crippen molar-refractivity contribution in [2.75, 3.05) is 6.54 Å². The van der Waals surface area contributed by atoms with Crippen LogP contribution in [0.4, 0.5) is 26.3 Å². The molecule has 1 aliphatic rings. The highest BCUT2D eigenvalue weighted by atomic mass is 31.2. The number of halogens is 6. The minimum absolute atomic E-state index is 0.0589. The van der Waals surface area contributed by atoms with Crippen molar-refractivity contribution < 1.29 is 26.3 Å². The summed E-state index contributed by atoms with van der Waals surface area (Å²) in [5, 5.41) is -1.18. The van der Waals surface area contributed by atoms with Crippen LogP contribution < -0.4 is 10.6 Å². The van der Waals surface area contributed by atoms with Gasteiger partial charge >= 0.3 is 0 Å². The topological polar surface area (TPSA) is 3.24 Å². The van der Waals surface area contributed by atoms with E-state index >= 15 is 17.6 Å². The van der Waals surface area contributed by atoms with Crippen LogP contribution in [0, 0.1) is 34.9 Å². The summed E-state index contributed by atoms with van der Waals surface area (Å²) in [7, 11) is -3.89. The molecule has 9 heteroatoms. The Morgan fingerprint density at radius 3 is 1.41 bits per heavy atom. The van der Waals surface area contributed by atoms with Gasteiger partial charge in [0.1, 0.15) is 34.9 Å². The predicted molar refractivity (Wildman–Crippen MR) is 155 cm³/mol. The van der Waals surface area contributed by atoms with E-state index in [-0.39, 0.29) is 11.3 Å². The third kappa shape index (κ3) is 6.23. The van der Waals surface area contributed by atoms with Crippen LogP contribution in [-0.2, 0) is 0 Å². The second kappa shape index (κ2) is 13.1. The van der Waals surface area contributed by atoms with Gasteiger partial charge in [-0.3, -0.25) is 4.44 Å². The molecule has 0 aromatic heterocycles. The van der Waals surface area contributed by atoms with Crippen LogP contribution in [-0.4, -0.2) is 11.0 Å². The van der Waals surface area contributed by atoms with E-state index in [0.717, 1.165) is 30.4 Å². The normalized spacial score (nSPS) is 17.6. The molecule has 4 aromatic rings. The SMILES string of the molecule is CCCCN(P(c1c(F)cc(F)cc1F)c1c(F)cc(F)cc1F)P1[C@H](c2ccccc2)CC[C@H]1c1ccccc1. The van der Waals surface area contributed by atoms with Crippen molar-refractivity contribution in [3.63, 3.8) is 0 Å². The summed E-state index contributed by atoms with van der Waals surface area (Å²) in [6, 6.07) is 21.7. The molecule has 1 saturated heterocycles. The molecule has 0 aliphatic carbocycles. The molecule has 0 bridgehead atoms. The summed E-state index contributed by atoms with van der Waals surface area (Å²) in [6.07, 6.45) is 2.85. The first-order valence-corrected chi connectivity index (χ1v) is 16.3. The van der Waals surface area contributed by atoms with Crippen molar-refractivity contribution in [1.82, 2.24) is 4.44 Å². The molecule has 214 valence electrons. The second-order valence-electron chi connectivity index (χ2n) is 10.0. The smallest absolute Gasteiger partial charge is 0.138 e. The Balaban J connectivity index is 1.78. The van der Waals surface area contributed by atoms with E-state index in [1.54, 1.807) is 0 Å². The fourth-order valence-electron chi connectivity index (χ4n) is 5.54. The molecule has 41 heavy (non-hydrogen) atoms. The third-order valence-corrected chi connectivity index (χ3v) is 14.0. The Kier molecular flexibility index (Phi) is 9.49. The highest BCUT2D eigenvalue weighted by molar-refractivity contribution is 7.79. The first-order chi connectivity index (χ1) is 19.8. The molecule has 4 aromatic carbocycles. The summed E-state index contributed by atoms with van der Waals surface area (Å²) in [5.41, 5.74) is 1.95. The molecular weight excluding hydrogens is 574 g/mol. The van der Waals surface area contributed by atoms with E-state index < -0.39 is 61.7 Å². The summed E-state index contributed by atoms with van der Waals surface area (Å²) >= 11 is 0. The van der Waals surface area contributed by atoms with E-state index in [2.05, 4.69) is 0 Å². The lowest BCUT2D eigenvalue weighted by atomic mass is 10.0. The van der Waals surface area contributed by atoms with E-state index in [9.17, 15) is 8.78 Å². The monoisotopic (exact) mass is 603 g/mol. The fourth-order valence-corrected chi connectivity index (χ4v) is 13.0. The highest BCUT2D eigenvalue weighted by Crippen LogP contribution is 2.76. The minimum Gasteiger partial charge on any atom is -0.251 e. The summed E-state index contributed by atoms with van der Waals surface area (Å²) in [5.74, 6) is -7.15. The summed E-state index contributed by atoms with van der Waals surface area (Å²) in [4.78, 5) is 0. The van der Waals surface area contributed by atoms with Gasteiger partial charge in [-0.1, -0.05) is 74.0 Å². The Hall–Kier alpha value is -2.72. The first kappa shape index (κ1) is 29.8. The molecular formula is C32H29F6NP2. The lowest BCUT2D eigenvalue weighted by molar-refractivity contribution is 0.548. The predicted octanol–water partition coefficient (Wildman–Crippen LogP) is 9.64. The molecule has 0 radical (unpaired) electrons. The maximum Gasteiger partial charge on any atom is 0.138 e. The number of hydrogen-bond acceptors (Lipinski definition) is 1. The summed E-state index contributed by atoms with van der Waals surface area (Å²) in [6.45, 7) is 2.26. The van der Waals surface area contributed by atoms with Gasteiger partial charge < -0.3 is 0 Å². The molecule has 0 amide bonds. The Bertz CT molecular complexity index is 1340. The summed E-state index contributed by atoms with van der Waals surface area (Å²) < 4.78 is 92.4. The number of nitrogens with zero attached hydrogens (tertiary/aromatic N) is 1. The molecule has 0 saturated carbocycles. The van der Waals surface area contributed by atoms with Gasteiger partial charge in [-0.25, -0.2) is 26.3 Å². The van der Waals surface area contributed by atoms with Crippen LogP contribution in [0.25, 0.3) is 0 Å². The lowest BCUT2D eigenvalue weighted by Crippen LogP contribution is -2.33. The van der Waals surface area contributed by atoms with Crippen LogP contribution in [0.1, 0.15) is 55.1 Å². The Morgan fingerprint density at radius 2 is 1.05 bits per heavy atom. The zero-order chi connectivity index (χ0) is 29.1. The zero-order valence-corrected chi connectivity index (χ0v) is 24.2. The number of rotatable bonds is 9. The standard InChI is InChI=1S/C32H29F6NP2/c1-2-3-16-39(40-29(21-10-6-4-7-11-21)14-15-30(40)22-12-8-5-9-13-22)41(31-25(35)17-23(33)18-26(31)36)32-27(37)19-24(34)20-28(32)38/h4-13,17-20,29-30H,2-3,14-16H2,1H3/t29-,30-/m0/s1. The van der Waals surface area contributed by atoms with Gasteiger partial charge in [0.05, 0.1) is 10.6 Å². The van der Waals surface area contributed by atoms with Gasteiger partial charge in [0.2, 0.25) is 0 Å². The van der Waals surface area contributed by atoms with Gasteiger partial charge in [0, 0.05) is 50.2 Å². The Labute approximate surface area is 238 Å². The zero-order valence-electron chi connectivity index (χ0n) is 22.4. The van der Waals surface area contributed by atoms with E-state index in [1.165, 1.54) is 0 Å².